The maximum atomic E-state index is 12.3. The molecule has 0 saturated carbocycles. The molecule has 2 aromatic carbocycles. The molecule has 1 aliphatic heterocycles. The minimum absolute atomic E-state index is 0.0926. The Labute approximate surface area is 180 Å². The maximum absolute atomic E-state index is 12.3. The topological polar surface area (TPSA) is 58.6 Å². The molecule has 1 aliphatic carbocycles. The van der Waals surface area contributed by atoms with E-state index in [1.165, 1.54) is 30.5 Å². The summed E-state index contributed by atoms with van der Waals surface area (Å²) in [6.07, 6.45) is -2.52. The van der Waals surface area contributed by atoms with Crippen molar-refractivity contribution in [3.63, 3.8) is 0 Å². The van der Waals surface area contributed by atoms with Crippen LogP contribution in [-0.2, 0) is 16.4 Å². The van der Waals surface area contributed by atoms with Crippen LogP contribution in [0.5, 0.6) is 5.75 Å². The Bertz CT molecular complexity index is 1000. The van der Waals surface area contributed by atoms with Crippen molar-refractivity contribution in [2.75, 3.05) is 19.6 Å². The SMILES string of the molecule is O=S(=O)(NCCC(F)(F)F)c1ccc(O[C@H]2c3ccccc3C[C@@H]2N2CCCC2)cc1. The highest BCUT2D eigenvalue weighted by Gasteiger charge is 2.38. The Morgan fingerprint density at radius 1 is 1.03 bits per heavy atom. The van der Waals surface area contributed by atoms with Crippen LogP contribution in [-0.4, -0.2) is 45.2 Å². The largest absolute Gasteiger partial charge is 0.484 e. The summed E-state index contributed by atoms with van der Waals surface area (Å²) in [6, 6.07) is 14.3. The van der Waals surface area contributed by atoms with Crippen molar-refractivity contribution in [3.05, 3.63) is 59.7 Å². The van der Waals surface area contributed by atoms with Crippen molar-refractivity contribution in [2.45, 2.75) is 48.9 Å². The number of nitrogens with one attached hydrogen (secondary N) is 1. The van der Waals surface area contributed by atoms with Crippen molar-refractivity contribution in [2.24, 2.45) is 0 Å². The van der Waals surface area contributed by atoms with E-state index in [1.54, 1.807) is 12.1 Å². The lowest BCUT2D eigenvalue weighted by Crippen LogP contribution is -2.38. The highest BCUT2D eigenvalue weighted by atomic mass is 32.2. The van der Waals surface area contributed by atoms with Gasteiger partial charge < -0.3 is 4.74 Å². The Kier molecular flexibility index (Phi) is 6.27. The number of fused-ring (bicyclic) bond motifs is 1. The molecule has 9 heteroatoms. The number of halogens is 3. The standard InChI is InChI=1S/C22H25F3N2O3S/c23-22(24,25)11-12-26-31(28,29)18-9-7-17(8-10-18)30-21-19-6-2-1-5-16(19)15-20(21)27-13-3-4-14-27/h1-2,5-10,20-21,26H,3-4,11-15H2/t20-,21-/m0/s1. The molecule has 1 fully saturated rings. The second-order valence-corrected chi connectivity index (χ2v) is 9.75. The first kappa shape index (κ1) is 22.1. The van der Waals surface area contributed by atoms with Crippen molar-refractivity contribution >= 4 is 10.0 Å². The van der Waals surface area contributed by atoms with Crippen LogP contribution >= 0.6 is 0 Å². The van der Waals surface area contributed by atoms with E-state index in [0.717, 1.165) is 25.1 Å². The van der Waals surface area contributed by atoms with Crippen LogP contribution in [0.4, 0.5) is 13.2 Å². The minimum Gasteiger partial charge on any atom is -0.484 e. The highest BCUT2D eigenvalue weighted by Crippen LogP contribution is 2.39. The molecular weight excluding hydrogens is 429 g/mol. The third-order valence-corrected chi connectivity index (χ3v) is 7.32. The molecule has 0 aromatic heterocycles. The first-order valence-electron chi connectivity index (χ1n) is 10.4. The number of alkyl halides is 3. The van der Waals surface area contributed by atoms with Crippen molar-refractivity contribution in [1.29, 1.82) is 0 Å². The Morgan fingerprint density at radius 3 is 2.39 bits per heavy atom. The lowest BCUT2D eigenvalue weighted by molar-refractivity contribution is -0.132. The number of likely N-dealkylation sites (tertiary alicyclic amines) is 1. The average Bonchev–Trinajstić information content (AvgIpc) is 3.36. The number of sulfonamides is 1. The summed E-state index contributed by atoms with van der Waals surface area (Å²) in [5, 5.41) is 0. The average molecular weight is 455 g/mol. The van der Waals surface area contributed by atoms with Crippen LogP contribution in [0.3, 0.4) is 0 Å². The van der Waals surface area contributed by atoms with Gasteiger partial charge in [0.15, 0.2) is 0 Å². The van der Waals surface area contributed by atoms with Crippen molar-refractivity contribution in [3.8, 4) is 5.75 Å². The van der Waals surface area contributed by atoms with Crippen LogP contribution in [0.25, 0.3) is 0 Å². The van der Waals surface area contributed by atoms with Crippen molar-refractivity contribution in [1.82, 2.24) is 9.62 Å². The van der Waals surface area contributed by atoms with E-state index in [2.05, 4.69) is 17.0 Å². The molecule has 1 saturated heterocycles. The van der Waals surface area contributed by atoms with Gasteiger partial charge in [-0.25, -0.2) is 13.1 Å². The summed E-state index contributed by atoms with van der Waals surface area (Å²) in [5.74, 6) is 0.528. The number of ether oxygens (including phenoxy) is 1. The zero-order valence-corrected chi connectivity index (χ0v) is 17.8. The van der Waals surface area contributed by atoms with E-state index < -0.39 is 29.2 Å². The zero-order chi connectivity index (χ0) is 22.1. The number of nitrogens with zero attached hydrogens (tertiary/aromatic N) is 1. The molecule has 2 atom stereocenters. The van der Waals surface area contributed by atoms with Gasteiger partial charge in [0.1, 0.15) is 11.9 Å². The smallest absolute Gasteiger partial charge is 0.390 e. The lowest BCUT2D eigenvalue weighted by atomic mass is 10.1. The normalized spacial score (nSPS) is 21.9. The van der Waals surface area contributed by atoms with Gasteiger partial charge in [0.05, 0.1) is 17.4 Å². The second kappa shape index (κ2) is 8.80. The van der Waals surface area contributed by atoms with Crippen LogP contribution in [0.2, 0.25) is 0 Å². The van der Waals surface area contributed by atoms with Gasteiger partial charge in [0.25, 0.3) is 0 Å². The summed E-state index contributed by atoms with van der Waals surface area (Å²) in [7, 11) is -4.01. The monoisotopic (exact) mass is 454 g/mol. The third kappa shape index (κ3) is 5.22. The number of rotatable bonds is 7. The van der Waals surface area contributed by atoms with Crippen LogP contribution in [0.15, 0.2) is 53.4 Å². The van der Waals surface area contributed by atoms with E-state index in [4.69, 9.17) is 4.74 Å². The van der Waals surface area contributed by atoms with Gasteiger partial charge in [-0.2, -0.15) is 13.2 Å². The summed E-state index contributed by atoms with van der Waals surface area (Å²) in [5.41, 5.74) is 2.40. The first-order chi connectivity index (χ1) is 14.7. The molecular formula is C22H25F3N2O3S. The number of hydrogen-bond acceptors (Lipinski definition) is 4. The number of hydrogen-bond donors (Lipinski definition) is 1. The van der Waals surface area contributed by atoms with Crippen molar-refractivity contribution < 1.29 is 26.3 Å². The predicted molar refractivity (Wildman–Crippen MR) is 110 cm³/mol. The first-order valence-corrected chi connectivity index (χ1v) is 11.9. The zero-order valence-electron chi connectivity index (χ0n) is 16.9. The van der Waals surface area contributed by atoms with Gasteiger partial charge in [-0.3, -0.25) is 4.90 Å². The third-order valence-electron chi connectivity index (χ3n) is 5.85. The fourth-order valence-electron chi connectivity index (χ4n) is 4.33. The second-order valence-electron chi connectivity index (χ2n) is 7.99. The molecule has 5 nitrogen and oxygen atoms in total. The molecule has 1 heterocycles. The molecule has 0 spiro atoms. The molecule has 0 amide bonds. The molecule has 31 heavy (non-hydrogen) atoms. The minimum atomic E-state index is -4.41. The maximum Gasteiger partial charge on any atom is 0.390 e. The highest BCUT2D eigenvalue weighted by molar-refractivity contribution is 7.89. The van der Waals surface area contributed by atoms with Crippen LogP contribution in [0.1, 0.15) is 36.5 Å². The van der Waals surface area contributed by atoms with E-state index in [0.29, 0.717) is 5.75 Å². The predicted octanol–water partition coefficient (Wildman–Crippen LogP) is 4.06. The number of benzene rings is 2. The molecule has 2 aliphatic rings. The van der Waals surface area contributed by atoms with Gasteiger partial charge in [-0.1, -0.05) is 24.3 Å². The Balaban J connectivity index is 1.47. The molecule has 4 rings (SSSR count). The van der Waals surface area contributed by atoms with E-state index in [1.807, 2.05) is 16.9 Å². The Hall–Kier alpha value is -2.10. The molecule has 168 valence electrons. The summed E-state index contributed by atoms with van der Waals surface area (Å²) in [6.45, 7) is 1.39. The molecule has 0 unspecified atom stereocenters. The fraction of sp³-hybridized carbons (Fsp3) is 0.455. The van der Waals surface area contributed by atoms with Gasteiger partial charge in [-0.05, 0) is 67.7 Å². The van der Waals surface area contributed by atoms with Crippen LogP contribution < -0.4 is 9.46 Å². The molecule has 1 N–H and O–H groups in total. The van der Waals surface area contributed by atoms with Gasteiger partial charge in [0.2, 0.25) is 10.0 Å². The molecule has 0 bridgehead atoms. The van der Waals surface area contributed by atoms with Gasteiger partial charge in [-0.15, -0.1) is 0 Å². The van der Waals surface area contributed by atoms with E-state index in [-0.39, 0.29) is 17.0 Å². The Morgan fingerprint density at radius 2 is 1.71 bits per heavy atom. The molecule has 0 radical (unpaired) electrons. The van der Waals surface area contributed by atoms with E-state index in [9.17, 15) is 21.6 Å². The summed E-state index contributed by atoms with van der Waals surface area (Å²) < 4.78 is 69.6. The fourth-order valence-corrected chi connectivity index (χ4v) is 5.36. The van der Waals surface area contributed by atoms with Gasteiger partial charge >= 0.3 is 6.18 Å². The van der Waals surface area contributed by atoms with Gasteiger partial charge in [0, 0.05) is 6.54 Å². The summed E-state index contributed by atoms with van der Waals surface area (Å²) >= 11 is 0. The molecule has 2 aromatic rings. The lowest BCUT2D eigenvalue weighted by Gasteiger charge is -2.30. The van der Waals surface area contributed by atoms with Crippen LogP contribution in [0, 0.1) is 0 Å². The quantitative estimate of drug-likeness (QED) is 0.686. The van der Waals surface area contributed by atoms with E-state index >= 15 is 0 Å². The summed E-state index contributed by atoms with van der Waals surface area (Å²) in [4.78, 5) is 2.36.